The van der Waals surface area contributed by atoms with E-state index in [1.165, 1.54) is 22.7 Å². The first-order valence-electron chi connectivity index (χ1n) is 13.9. The van der Waals surface area contributed by atoms with E-state index in [-0.39, 0.29) is 12.2 Å². The maximum atomic E-state index is 14.1. The lowest BCUT2D eigenvalue weighted by Gasteiger charge is -2.24. The maximum absolute atomic E-state index is 14.1. The number of carbonyl (C=O) groups is 1. The molecule has 0 saturated carbocycles. The number of fused-ring (bicyclic) bond motifs is 1. The van der Waals surface area contributed by atoms with Gasteiger partial charge in [-0.15, -0.1) is 11.3 Å². The lowest BCUT2D eigenvalue weighted by atomic mass is 9.97. The number of thiazole rings is 1. The summed E-state index contributed by atoms with van der Waals surface area (Å²) in [6, 6.07) is 23.9. The van der Waals surface area contributed by atoms with E-state index in [9.17, 15) is 9.59 Å². The van der Waals surface area contributed by atoms with Crippen LogP contribution in [0.1, 0.15) is 34.5 Å². The first kappa shape index (κ1) is 31.3. The normalized spacial score (nSPS) is 14.6. The molecule has 1 atom stereocenters. The topological polar surface area (TPSA) is 79.1 Å². The van der Waals surface area contributed by atoms with Crippen molar-refractivity contribution in [3.8, 4) is 11.5 Å². The molecule has 0 unspecified atom stereocenters. The SMILES string of the molecule is CCOC(=O)C1=C(c2ccccc2)N=c2s/c(=C\c3cc(I)c(OCc4ccc(Cl)cc4)c(OC)c3)c(=O)n2[C@@H]1c1cccs1. The number of hydrogen-bond acceptors (Lipinski definition) is 8. The van der Waals surface area contributed by atoms with E-state index in [1.54, 1.807) is 18.6 Å². The van der Waals surface area contributed by atoms with Gasteiger partial charge in [0.15, 0.2) is 16.3 Å². The van der Waals surface area contributed by atoms with E-state index in [2.05, 4.69) is 22.6 Å². The van der Waals surface area contributed by atoms with E-state index < -0.39 is 12.0 Å². The Hall–Kier alpha value is -3.71. The molecule has 6 rings (SSSR count). The molecule has 0 N–H and O–H groups in total. The van der Waals surface area contributed by atoms with Crippen molar-refractivity contribution < 1.29 is 19.0 Å². The van der Waals surface area contributed by atoms with Crippen molar-refractivity contribution in [2.75, 3.05) is 13.7 Å². The summed E-state index contributed by atoms with van der Waals surface area (Å²) in [7, 11) is 1.58. The summed E-state index contributed by atoms with van der Waals surface area (Å²) >= 11 is 11.0. The van der Waals surface area contributed by atoms with Gasteiger partial charge in [-0.3, -0.25) is 9.36 Å². The zero-order valence-electron chi connectivity index (χ0n) is 24.2. The molecule has 45 heavy (non-hydrogen) atoms. The average molecular weight is 769 g/mol. The molecule has 0 aliphatic carbocycles. The lowest BCUT2D eigenvalue weighted by molar-refractivity contribution is -0.138. The Bertz CT molecular complexity index is 2070. The predicted molar refractivity (Wildman–Crippen MR) is 187 cm³/mol. The van der Waals surface area contributed by atoms with Crippen LogP contribution >= 0.6 is 56.9 Å². The Labute approximate surface area is 285 Å². The van der Waals surface area contributed by atoms with Crippen molar-refractivity contribution in [2.45, 2.75) is 19.6 Å². The van der Waals surface area contributed by atoms with E-state index in [4.69, 9.17) is 30.8 Å². The van der Waals surface area contributed by atoms with Crippen molar-refractivity contribution in [3.05, 3.63) is 140 Å². The van der Waals surface area contributed by atoms with Gasteiger partial charge in [-0.2, -0.15) is 0 Å². The third-order valence-electron chi connectivity index (χ3n) is 7.03. The Morgan fingerprint density at radius 1 is 1.09 bits per heavy atom. The molecule has 11 heteroatoms. The monoisotopic (exact) mass is 768 g/mol. The van der Waals surface area contributed by atoms with Crippen LogP contribution in [-0.4, -0.2) is 24.3 Å². The first-order valence-corrected chi connectivity index (χ1v) is 17.1. The van der Waals surface area contributed by atoms with Gasteiger partial charge >= 0.3 is 5.97 Å². The van der Waals surface area contributed by atoms with Crippen LogP contribution in [0.3, 0.4) is 0 Å². The highest BCUT2D eigenvalue weighted by molar-refractivity contribution is 14.1. The third kappa shape index (κ3) is 6.51. The molecule has 3 heterocycles. The number of esters is 1. The Balaban J connectivity index is 1.46. The van der Waals surface area contributed by atoms with E-state index >= 15 is 0 Å². The molecule has 1 aliphatic heterocycles. The third-order valence-corrected chi connectivity index (χ3v) is 9.99. The number of carbonyl (C=O) groups excluding carboxylic acids is 1. The number of thiophene rings is 1. The van der Waals surface area contributed by atoms with Crippen LogP contribution in [0.15, 0.2) is 99.6 Å². The van der Waals surface area contributed by atoms with Gasteiger partial charge in [-0.25, -0.2) is 9.79 Å². The second kappa shape index (κ2) is 13.7. The summed E-state index contributed by atoms with van der Waals surface area (Å²) in [4.78, 5) is 33.9. The molecule has 3 aromatic carbocycles. The minimum absolute atomic E-state index is 0.200. The van der Waals surface area contributed by atoms with E-state index in [1.807, 2.05) is 90.3 Å². The highest BCUT2D eigenvalue weighted by atomic mass is 127. The Morgan fingerprint density at radius 3 is 2.56 bits per heavy atom. The smallest absolute Gasteiger partial charge is 0.338 e. The number of halogens is 2. The van der Waals surface area contributed by atoms with Crippen molar-refractivity contribution in [2.24, 2.45) is 4.99 Å². The lowest BCUT2D eigenvalue weighted by Crippen LogP contribution is -2.39. The Kier molecular flexibility index (Phi) is 9.55. The number of aromatic nitrogens is 1. The summed E-state index contributed by atoms with van der Waals surface area (Å²) < 4.78 is 20.2. The molecule has 0 amide bonds. The zero-order chi connectivity index (χ0) is 31.5. The molecule has 228 valence electrons. The average Bonchev–Trinajstić information content (AvgIpc) is 3.69. The molecular weight excluding hydrogens is 743 g/mol. The van der Waals surface area contributed by atoms with Crippen molar-refractivity contribution >= 4 is 74.6 Å². The van der Waals surface area contributed by atoms with Crippen LogP contribution in [0.5, 0.6) is 11.5 Å². The summed E-state index contributed by atoms with van der Waals surface area (Å²) in [5.41, 5.74) is 3.10. The molecule has 0 saturated heterocycles. The van der Waals surface area contributed by atoms with Gasteiger partial charge in [-0.05, 0) is 82.4 Å². The summed E-state index contributed by atoms with van der Waals surface area (Å²) in [6.07, 6.45) is 1.82. The Morgan fingerprint density at radius 2 is 1.87 bits per heavy atom. The molecule has 0 spiro atoms. The molecule has 0 fully saturated rings. The number of ether oxygens (including phenoxy) is 3. The van der Waals surface area contributed by atoms with Crippen LogP contribution in [0.2, 0.25) is 5.02 Å². The number of rotatable bonds is 9. The second-order valence-electron chi connectivity index (χ2n) is 9.90. The molecular formula is C34H26ClIN2O5S2. The standard InChI is InChI=1S/C34H26ClIN2O5S2/c1-3-42-33(40)28-29(22-8-5-4-6-9-22)37-34-38(30(28)26-10-7-15-44-26)32(39)27(45-34)18-21-16-24(36)31(25(17-21)41-2)43-19-20-11-13-23(35)14-12-20/h4-18,30H,3,19H2,1-2H3/b27-18-/t30-/m1/s1. The van der Waals surface area contributed by atoms with Crippen LogP contribution in [0.4, 0.5) is 0 Å². The second-order valence-corrected chi connectivity index (χ2v) is 13.5. The predicted octanol–water partition coefficient (Wildman–Crippen LogP) is 6.84. The minimum atomic E-state index is -0.684. The van der Waals surface area contributed by atoms with Crippen molar-refractivity contribution in [1.29, 1.82) is 0 Å². The summed E-state index contributed by atoms with van der Waals surface area (Å²) in [5.74, 6) is 0.652. The molecule has 5 aromatic rings. The minimum Gasteiger partial charge on any atom is -0.493 e. The fraction of sp³-hybridized carbons (Fsp3) is 0.147. The van der Waals surface area contributed by atoms with Gasteiger partial charge < -0.3 is 14.2 Å². The number of hydrogen-bond donors (Lipinski definition) is 0. The molecule has 0 radical (unpaired) electrons. The number of nitrogens with zero attached hydrogens (tertiary/aromatic N) is 2. The van der Waals surface area contributed by atoms with Crippen LogP contribution in [0, 0.1) is 3.57 Å². The van der Waals surface area contributed by atoms with Gasteiger partial charge in [0.1, 0.15) is 12.6 Å². The van der Waals surface area contributed by atoms with E-state index in [0.717, 1.165) is 25.1 Å². The summed E-state index contributed by atoms with van der Waals surface area (Å²) in [6.45, 7) is 2.31. The maximum Gasteiger partial charge on any atom is 0.338 e. The van der Waals surface area contributed by atoms with Gasteiger partial charge in [0.25, 0.3) is 5.56 Å². The molecule has 2 aromatic heterocycles. The fourth-order valence-corrected chi connectivity index (χ4v) is 7.74. The van der Waals surface area contributed by atoms with E-state index in [0.29, 0.717) is 43.7 Å². The quantitative estimate of drug-likeness (QED) is 0.121. The largest absolute Gasteiger partial charge is 0.493 e. The molecule has 0 bridgehead atoms. The molecule has 7 nitrogen and oxygen atoms in total. The van der Waals surface area contributed by atoms with Crippen LogP contribution in [-0.2, 0) is 16.1 Å². The van der Waals surface area contributed by atoms with Gasteiger partial charge in [0, 0.05) is 15.5 Å². The van der Waals surface area contributed by atoms with Gasteiger partial charge in [0.05, 0.1) is 33.1 Å². The highest BCUT2D eigenvalue weighted by Gasteiger charge is 2.35. The van der Waals surface area contributed by atoms with Crippen LogP contribution < -0.4 is 24.4 Å². The van der Waals surface area contributed by atoms with Crippen molar-refractivity contribution in [1.82, 2.24) is 4.57 Å². The highest BCUT2D eigenvalue weighted by Crippen LogP contribution is 2.37. The van der Waals surface area contributed by atoms with Gasteiger partial charge in [-0.1, -0.05) is 71.5 Å². The van der Waals surface area contributed by atoms with Crippen molar-refractivity contribution in [3.63, 3.8) is 0 Å². The van der Waals surface area contributed by atoms with Gasteiger partial charge in [0.2, 0.25) is 0 Å². The summed E-state index contributed by atoms with van der Waals surface area (Å²) in [5, 5.41) is 2.59. The van der Waals surface area contributed by atoms with Crippen LogP contribution in [0.25, 0.3) is 11.8 Å². The first-order chi connectivity index (χ1) is 21.9. The number of methoxy groups -OCH3 is 1. The molecule has 1 aliphatic rings. The fourth-order valence-electron chi connectivity index (χ4n) is 5.01. The zero-order valence-corrected chi connectivity index (χ0v) is 28.7. The number of benzene rings is 3.